The molecule has 0 atom stereocenters. The van der Waals surface area contributed by atoms with Crippen molar-refractivity contribution < 1.29 is 18.3 Å². The molecule has 0 bridgehead atoms. The van der Waals surface area contributed by atoms with E-state index < -0.39 is 16.0 Å². The van der Waals surface area contributed by atoms with Gasteiger partial charge in [0.25, 0.3) is 0 Å². The number of carboxylic acids is 1. The van der Waals surface area contributed by atoms with E-state index >= 15 is 0 Å². The van der Waals surface area contributed by atoms with Crippen LogP contribution >= 0.6 is 0 Å². The van der Waals surface area contributed by atoms with E-state index in [2.05, 4.69) is 14.7 Å². The third-order valence-corrected chi connectivity index (χ3v) is 4.07. The largest absolute Gasteiger partial charge is 0.478 e. The molecule has 0 amide bonds. The van der Waals surface area contributed by atoms with Crippen molar-refractivity contribution in [3.05, 3.63) is 53.6 Å². The topological polar surface area (TPSA) is 109 Å². The SMILES string of the molecule is Cc1nccc(CNS(=O)(=O)c2cccc(C(=O)O)c2)n1. The number of nitrogens with one attached hydrogen (secondary N) is 1. The molecule has 2 rings (SSSR count). The summed E-state index contributed by atoms with van der Waals surface area (Å²) >= 11 is 0. The van der Waals surface area contributed by atoms with Gasteiger partial charge in [-0.2, -0.15) is 0 Å². The van der Waals surface area contributed by atoms with Gasteiger partial charge in [-0.3, -0.25) is 0 Å². The second-order valence-electron chi connectivity index (χ2n) is 4.25. The van der Waals surface area contributed by atoms with Crippen LogP contribution in [0.1, 0.15) is 21.9 Å². The average Bonchev–Trinajstić information content (AvgIpc) is 2.45. The molecule has 0 saturated heterocycles. The second-order valence-corrected chi connectivity index (χ2v) is 6.02. The minimum Gasteiger partial charge on any atom is -0.478 e. The summed E-state index contributed by atoms with van der Waals surface area (Å²) in [6.45, 7) is 1.71. The molecule has 0 aliphatic heterocycles. The molecule has 1 aromatic heterocycles. The highest BCUT2D eigenvalue weighted by atomic mass is 32.2. The first-order valence-electron chi connectivity index (χ1n) is 6.00. The molecule has 8 heteroatoms. The van der Waals surface area contributed by atoms with Gasteiger partial charge in [-0.15, -0.1) is 0 Å². The van der Waals surface area contributed by atoms with Crippen LogP contribution < -0.4 is 4.72 Å². The number of hydrogen-bond acceptors (Lipinski definition) is 5. The molecule has 110 valence electrons. The lowest BCUT2D eigenvalue weighted by molar-refractivity contribution is 0.0696. The van der Waals surface area contributed by atoms with Gasteiger partial charge in [-0.25, -0.2) is 27.9 Å². The van der Waals surface area contributed by atoms with Crippen LogP contribution in [0.15, 0.2) is 41.4 Å². The van der Waals surface area contributed by atoms with E-state index in [9.17, 15) is 13.2 Å². The van der Waals surface area contributed by atoms with Gasteiger partial charge in [-0.05, 0) is 31.2 Å². The average molecular weight is 307 g/mol. The Morgan fingerprint density at radius 3 is 2.76 bits per heavy atom. The Balaban J connectivity index is 2.19. The summed E-state index contributed by atoms with van der Waals surface area (Å²) in [4.78, 5) is 18.8. The van der Waals surface area contributed by atoms with Crippen molar-refractivity contribution in [3.63, 3.8) is 0 Å². The lowest BCUT2D eigenvalue weighted by Gasteiger charge is -2.07. The van der Waals surface area contributed by atoms with Gasteiger partial charge in [0.15, 0.2) is 0 Å². The van der Waals surface area contributed by atoms with Gasteiger partial charge in [0.2, 0.25) is 10.0 Å². The number of sulfonamides is 1. The summed E-state index contributed by atoms with van der Waals surface area (Å²) in [5.41, 5.74) is 0.441. The third-order valence-electron chi connectivity index (χ3n) is 2.67. The fourth-order valence-corrected chi connectivity index (χ4v) is 2.70. The number of nitrogens with zero attached hydrogens (tertiary/aromatic N) is 2. The molecule has 1 aromatic carbocycles. The molecule has 0 spiro atoms. The van der Waals surface area contributed by atoms with E-state index in [1.54, 1.807) is 13.0 Å². The Morgan fingerprint density at radius 2 is 2.10 bits per heavy atom. The van der Waals surface area contributed by atoms with Crippen molar-refractivity contribution in [1.29, 1.82) is 0 Å². The molecule has 0 aliphatic rings. The van der Waals surface area contributed by atoms with Crippen LogP contribution in [0.2, 0.25) is 0 Å². The predicted molar refractivity (Wildman–Crippen MR) is 74.2 cm³/mol. The highest BCUT2D eigenvalue weighted by Gasteiger charge is 2.16. The molecule has 2 aromatic rings. The van der Waals surface area contributed by atoms with Crippen molar-refractivity contribution in [1.82, 2.24) is 14.7 Å². The van der Waals surface area contributed by atoms with Crippen LogP contribution in [0.4, 0.5) is 0 Å². The van der Waals surface area contributed by atoms with Crippen LogP contribution in [0.5, 0.6) is 0 Å². The Kier molecular flexibility index (Phi) is 4.29. The zero-order valence-corrected chi connectivity index (χ0v) is 12.0. The summed E-state index contributed by atoms with van der Waals surface area (Å²) < 4.78 is 26.6. The summed E-state index contributed by atoms with van der Waals surface area (Å²) in [5.74, 6) is -0.641. The Hall–Kier alpha value is -2.32. The van der Waals surface area contributed by atoms with Gasteiger partial charge in [0, 0.05) is 6.20 Å². The smallest absolute Gasteiger partial charge is 0.335 e. The van der Waals surface area contributed by atoms with Gasteiger partial charge >= 0.3 is 5.97 Å². The van der Waals surface area contributed by atoms with E-state index in [0.717, 1.165) is 6.07 Å². The molecular weight excluding hydrogens is 294 g/mol. The zero-order chi connectivity index (χ0) is 15.5. The number of aryl methyl sites for hydroxylation is 1. The summed E-state index contributed by atoms with van der Waals surface area (Å²) in [6, 6.07) is 6.75. The minimum atomic E-state index is -3.80. The number of carbonyl (C=O) groups is 1. The van der Waals surface area contributed by atoms with Crippen molar-refractivity contribution in [2.75, 3.05) is 0 Å². The summed E-state index contributed by atoms with van der Waals surface area (Å²) in [7, 11) is -3.80. The Bertz CT molecular complexity index is 774. The Morgan fingerprint density at radius 1 is 1.33 bits per heavy atom. The highest BCUT2D eigenvalue weighted by molar-refractivity contribution is 7.89. The maximum atomic E-state index is 12.1. The fourth-order valence-electron chi connectivity index (χ4n) is 1.65. The Labute approximate surface area is 121 Å². The van der Waals surface area contributed by atoms with Gasteiger partial charge in [0.1, 0.15) is 5.82 Å². The van der Waals surface area contributed by atoms with Crippen molar-refractivity contribution in [2.45, 2.75) is 18.4 Å². The first-order valence-corrected chi connectivity index (χ1v) is 7.48. The first-order chi connectivity index (χ1) is 9.88. The van der Waals surface area contributed by atoms with E-state index in [4.69, 9.17) is 5.11 Å². The quantitative estimate of drug-likeness (QED) is 0.851. The van der Waals surface area contributed by atoms with Gasteiger partial charge in [0.05, 0.1) is 22.7 Å². The molecule has 21 heavy (non-hydrogen) atoms. The summed E-state index contributed by atoms with van der Waals surface area (Å²) in [5, 5.41) is 8.88. The lowest BCUT2D eigenvalue weighted by Crippen LogP contribution is -2.24. The lowest BCUT2D eigenvalue weighted by atomic mass is 10.2. The van der Waals surface area contributed by atoms with E-state index in [-0.39, 0.29) is 17.0 Å². The van der Waals surface area contributed by atoms with Crippen LogP contribution in [0, 0.1) is 6.92 Å². The molecule has 7 nitrogen and oxygen atoms in total. The standard InChI is InChI=1S/C13H13N3O4S/c1-9-14-6-5-11(16-9)8-15-21(19,20)12-4-2-3-10(7-12)13(17)18/h2-7,15H,8H2,1H3,(H,17,18). The van der Waals surface area contributed by atoms with E-state index in [1.807, 2.05) is 0 Å². The normalized spacial score (nSPS) is 11.3. The predicted octanol–water partition coefficient (Wildman–Crippen LogP) is 0.962. The third kappa shape index (κ3) is 3.83. The number of benzene rings is 1. The first kappa shape index (κ1) is 15.1. The minimum absolute atomic E-state index is 0.00297. The number of carboxylic acid groups (broad SMARTS) is 1. The maximum Gasteiger partial charge on any atom is 0.335 e. The van der Waals surface area contributed by atoms with Crippen molar-refractivity contribution in [2.24, 2.45) is 0 Å². The zero-order valence-electron chi connectivity index (χ0n) is 11.1. The van der Waals surface area contributed by atoms with Gasteiger partial charge in [-0.1, -0.05) is 6.07 Å². The van der Waals surface area contributed by atoms with Crippen LogP contribution in [0.25, 0.3) is 0 Å². The molecule has 0 aliphatic carbocycles. The number of aromatic nitrogens is 2. The van der Waals surface area contributed by atoms with Crippen molar-refractivity contribution >= 4 is 16.0 Å². The van der Waals surface area contributed by atoms with Gasteiger partial charge < -0.3 is 5.11 Å². The molecule has 0 radical (unpaired) electrons. The summed E-state index contributed by atoms with van der Waals surface area (Å²) in [6.07, 6.45) is 1.54. The maximum absolute atomic E-state index is 12.1. The number of aromatic carboxylic acids is 1. The highest BCUT2D eigenvalue weighted by Crippen LogP contribution is 2.12. The van der Waals surface area contributed by atoms with E-state index in [1.165, 1.54) is 24.4 Å². The fraction of sp³-hybridized carbons (Fsp3) is 0.154. The van der Waals surface area contributed by atoms with Crippen molar-refractivity contribution in [3.8, 4) is 0 Å². The molecular formula is C13H13N3O4S. The molecule has 1 heterocycles. The molecule has 2 N–H and O–H groups in total. The van der Waals surface area contributed by atoms with Crippen LogP contribution in [-0.4, -0.2) is 29.5 Å². The molecule has 0 unspecified atom stereocenters. The van der Waals surface area contributed by atoms with E-state index in [0.29, 0.717) is 11.5 Å². The van der Waals surface area contributed by atoms with Crippen LogP contribution in [0.3, 0.4) is 0 Å². The molecule has 0 saturated carbocycles. The molecule has 0 fully saturated rings. The van der Waals surface area contributed by atoms with Crippen LogP contribution in [-0.2, 0) is 16.6 Å². The second kappa shape index (κ2) is 5.98. The monoisotopic (exact) mass is 307 g/mol. The number of rotatable bonds is 5. The number of hydrogen-bond donors (Lipinski definition) is 2.